The van der Waals surface area contributed by atoms with Crippen molar-refractivity contribution in [1.29, 1.82) is 0 Å². The van der Waals surface area contributed by atoms with E-state index in [-0.39, 0.29) is 0 Å². The van der Waals surface area contributed by atoms with E-state index in [2.05, 4.69) is 47.4 Å². The largest absolute Gasteiger partial charge is 0.497 e. The lowest BCUT2D eigenvalue weighted by atomic mass is 9.74. The molecule has 0 bridgehead atoms. The third kappa shape index (κ3) is 3.20. The Morgan fingerprint density at radius 1 is 1.35 bits per heavy atom. The molecule has 0 saturated heterocycles. The van der Waals surface area contributed by atoms with Gasteiger partial charge in [0, 0.05) is 10.5 Å². The Kier molecular flexibility index (Phi) is 5.50. The molecule has 1 unspecified atom stereocenters. The average Bonchev–Trinajstić information content (AvgIpc) is 2.96. The van der Waals surface area contributed by atoms with Gasteiger partial charge in [-0.1, -0.05) is 35.7 Å². The molecule has 0 aliphatic heterocycles. The molecular weight excluding hydrogens is 314 g/mol. The van der Waals surface area contributed by atoms with Crippen LogP contribution in [0.3, 0.4) is 0 Å². The Labute approximate surface area is 131 Å². The van der Waals surface area contributed by atoms with Gasteiger partial charge >= 0.3 is 0 Å². The molecule has 1 atom stereocenters. The second kappa shape index (κ2) is 6.95. The van der Waals surface area contributed by atoms with E-state index >= 15 is 0 Å². The third-order valence-electron chi connectivity index (χ3n) is 5.07. The number of benzene rings is 1. The average molecular weight is 340 g/mol. The molecule has 0 heterocycles. The minimum absolute atomic E-state index is 0.470. The molecule has 2 nitrogen and oxygen atoms in total. The molecule has 0 amide bonds. The summed E-state index contributed by atoms with van der Waals surface area (Å²) in [5.41, 5.74) is 1.81. The van der Waals surface area contributed by atoms with Crippen molar-refractivity contribution in [3.05, 3.63) is 28.2 Å². The zero-order valence-corrected chi connectivity index (χ0v) is 14.4. The number of hydrogen-bond donors (Lipinski definition) is 1. The van der Waals surface area contributed by atoms with E-state index in [9.17, 15) is 0 Å². The maximum Gasteiger partial charge on any atom is 0.119 e. The number of ether oxygens (including phenoxy) is 1. The summed E-state index contributed by atoms with van der Waals surface area (Å²) < 4.78 is 6.54. The Hall–Kier alpha value is -0.540. The predicted octanol–water partition coefficient (Wildman–Crippen LogP) is 4.56. The first kappa shape index (κ1) is 15.8. The van der Waals surface area contributed by atoms with E-state index < -0.39 is 0 Å². The van der Waals surface area contributed by atoms with Crippen molar-refractivity contribution < 1.29 is 4.74 Å². The molecule has 1 aromatic rings. The summed E-state index contributed by atoms with van der Waals surface area (Å²) in [7, 11) is 3.83. The fourth-order valence-electron chi connectivity index (χ4n) is 3.71. The Balaban J connectivity index is 2.21. The van der Waals surface area contributed by atoms with Gasteiger partial charge in [0.15, 0.2) is 0 Å². The summed E-state index contributed by atoms with van der Waals surface area (Å²) in [5, 5.41) is 3.59. The Bertz CT molecular complexity index is 441. The molecule has 1 aromatic carbocycles. The zero-order valence-electron chi connectivity index (χ0n) is 12.8. The van der Waals surface area contributed by atoms with Gasteiger partial charge in [0.2, 0.25) is 0 Å². The van der Waals surface area contributed by atoms with Crippen molar-refractivity contribution >= 4 is 15.9 Å². The van der Waals surface area contributed by atoms with Gasteiger partial charge in [0.1, 0.15) is 5.75 Å². The highest BCUT2D eigenvalue weighted by Gasteiger charge is 2.39. The van der Waals surface area contributed by atoms with Gasteiger partial charge < -0.3 is 10.1 Å². The van der Waals surface area contributed by atoms with Crippen LogP contribution in [0.1, 0.15) is 44.6 Å². The molecule has 3 heteroatoms. The molecule has 2 rings (SSSR count). The Morgan fingerprint density at radius 3 is 2.60 bits per heavy atom. The van der Waals surface area contributed by atoms with Gasteiger partial charge in [-0.25, -0.2) is 0 Å². The van der Waals surface area contributed by atoms with Crippen molar-refractivity contribution in [3.63, 3.8) is 0 Å². The summed E-state index contributed by atoms with van der Waals surface area (Å²) in [6.07, 6.45) is 7.80. The normalized spacial score (nSPS) is 19.0. The van der Waals surface area contributed by atoms with Crippen LogP contribution in [0.25, 0.3) is 0 Å². The van der Waals surface area contributed by atoms with E-state index in [1.54, 1.807) is 7.11 Å². The first-order chi connectivity index (χ1) is 9.65. The van der Waals surface area contributed by atoms with Crippen LogP contribution in [0, 0.1) is 5.41 Å². The minimum Gasteiger partial charge on any atom is -0.497 e. The molecule has 0 radical (unpaired) electrons. The maximum atomic E-state index is 5.36. The first-order valence-corrected chi connectivity index (χ1v) is 8.44. The maximum absolute atomic E-state index is 5.36. The number of halogens is 1. The van der Waals surface area contributed by atoms with E-state index in [4.69, 9.17) is 4.74 Å². The number of methoxy groups -OCH3 is 1. The van der Waals surface area contributed by atoms with Crippen LogP contribution >= 0.6 is 15.9 Å². The van der Waals surface area contributed by atoms with Crippen molar-refractivity contribution in [2.24, 2.45) is 5.41 Å². The van der Waals surface area contributed by atoms with Gasteiger partial charge in [-0.2, -0.15) is 0 Å². The molecule has 1 fully saturated rings. The standard InChI is InChI=1S/C17H26BrNO/c1-4-17(9-5-6-10-17)16(19-2)12-13-11-14(20-3)7-8-15(13)18/h7-8,11,16,19H,4-6,9-10,12H2,1-3H3. The van der Waals surface area contributed by atoms with Gasteiger partial charge in [0.25, 0.3) is 0 Å². The number of nitrogens with one attached hydrogen (secondary N) is 1. The molecular formula is C17H26BrNO. The van der Waals surface area contributed by atoms with Crippen LogP contribution in [-0.4, -0.2) is 20.2 Å². The van der Waals surface area contributed by atoms with Gasteiger partial charge in [-0.15, -0.1) is 0 Å². The van der Waals surface area contributed by atoms with Crippen LogP contribution in [0.15, 0.2) is 22.7 Å². The number of hydrogen-bond acceptors (Lipinski definition) is 2. The van der Waals surface area contributed by atoms with E-state index in [0.717, 1.165) is 12.2 Å². The molecule has 1 aliphatic carbocycles. The van der Waals surface area contributed by atoms with E-state index in [1.807, 2.05) is 6.07 Å². The second-order valence-corrected chi connectivity index (χ2v) is 6.78. The summed E-state index contributed by atoms with van der Waals surface area (Å²) in [6.45, 7) is 2.34. The molecule has 0 aromatic heterocycles. The van der Waals surface area contributed by atoms with E-state index in [1.165, 1.54) is 42.1 Å². The van der Waals surface area contributed by atoms with Gasteiger partial charge in [-0.05, 0) is 61.9 Å². The van der Waals surface area contributed by atoms with Crippen LogP contribution < -0.4 is 10.1 Å². The lowest BCUT2D eigenvalue weighted by Crippen LogP contribution is -2.43. The van der Waals surface area contributed by atoms with Crippen LogP contribution in [0.5, 0.6) is 5.75 Å². The monoisotopic (exact) mass is 339 g/mol. The molecule has 1 N–H and O–H groups in total. The minimum atomic E-state index is 0.470. The lowest BCUT2D eigenvalue weighted by Gasteiger charge is -2.37. The van der Waals surface area contributed by atoms with Crippen LogP contribution in [-0.2, 0) is 6.42 Å². The molecule has 1 saturated carbocycles. The second-order valence-electron chi connectivity index (χ2n) is 5.93. The van der Waals surface area contributed by atoms with Crippen molar-refractivity contribution in [3.8, 4) is 5.75 Å². The lowest BCUT2D eigenvalue weighted by molar-refractivity contribution is 0.192. The molecule has 20 heavy (non-hydrogen) atoms. The van der Waals surface area contributed by atoms with Crippen molar-refractivity contribution in [2.45, 2.75) is 51.5 Å². The highest BCUT2D eigenvalue weighted by Crippen LogP contribution is 2.45. The summed E-state index contributed by atoms with van der Waals surface area (Å²) in [5.74, 6) is 0.940. The van der Waals surface area contributed by atoms with E-state index in [0.29, 0.717) is 11.5 Å². The third-order valence-corrected chi connectivity index (χ3v) is 5.84. The summed E-state index contributed by atoms with van der Waals surface area (Å²) >= 11 is 3.68. The fourth-order valence-corrected chi connectivity index (χ4v) is 4.12. The van der Waals surface area contributed by atoms with Gasteiger partial charge in [-0.3, -0.25) is 0 Å². The quantitative estimate of drug-likeness (QED) is 0.820. The van der Waals surface area contributed by atoms with Crippen molar-refractivity contribution in [2.75, 3.05) is 14.2 Å². The summed E-state index contributed by atoms with van der Waals surface area (Å²) in [6, 6.07) is 6.80. The number of likely N-dealkylation sites (N-methyl/N-ethyl adjacent to an activating group) is 1. The highest BCUT2D eigenvalue weighted by molar-refractivity contribution is 9.10. The predicted molar refractivity (Wildman–Crippen MR) is 88.4 cm³/mol. The van der Waals surface area contributed by atoms with Crippen LogP contribution in [0.4, 0.5) is 0 Å². The van der Waals surface area contributed by atoms with Gasteiger partial charge in [0.05, 0.1) is 7.11 Å². The highest BCUT2D eigenvalue weighted by atomic mass is 79.9. The zero-order chi connectivity index (χ0) is 14.6. The molecule has 1 aliphatic rings. The topological polar surface area (TPSA) is 21.3 Å². The first-order valence-electron chi connectivity index (χ1n) is 7.65. The molecule has 0 spiro atoms. The SMILES string of the molecule is CCC1(C(Cc2cc(OC)ccc2Br)NC)CCCC1. The van der Waals surface area contributed by atoms with Crippen LogP contribution in [0.2, 0.25) is 0 Å². The van der Waals surface area contributed by atoms with Crippen molar-refractivity contribution in [1.82, 2.24) is 5.32 Å². The number of rotatable bonds is 6. The Morgan fingerprint density at radius 2 is 2.05 bits per heavy atom. The summed E-state index contributed by atoms with van der Waals surface area (Å²) in [4.78, 5) is 0. The smallest absolute Gasteiger partial charge is 0.119 e. The fraction of sp³-hybridized carbons (Fsp3) is 0.647. The molecule has 112 valence electrons.